The minimum absolute atomic E-state index is 0.0617. The lowest BCUT2D eigenvalue weighted by atomic mass is 9.91. The van der Waals surface area contributed by atoms with Gasteiger partial charge in [-0.25, -0.2) is 9.97 Å². The second kappa shape index (κ2) is 8.59. The molecule has 0 bridgehead atoms. The molecular formula is C26H26N8O. The SMILES string of the molecule is Cn1cc(-c2ccc(-c3c4c(nn3C)CCc3cnc(Cc5ccn(CCO)n5)nc3-4)cc2)cn1. The molecule has 1 N–H and O–H groups in total. The second-order valence-corrected chi connectivity index (χ2v) is 8.90. The van der Waals surface area contributed by atoms with Crippen molar-refractivity contribution in [1.82, 2.24) is 39.3 Å². The van der Waals surface area contributed by atoms with Gasteiger partial charge in [0.15, 0.2) is 0 Å². The van der Waals surface area contributed by atoms with Crippen molar-refractivity contribution in [2.75, 3.05) is 6.61 Å². The van der Waals surface area contributed by atoms with Crippen LogP contribution in [0.2, 0.25) is 0 Å². The number of aliphatic hydroxyl groups is 1. The molecule has 4 aromatic heterocycles. The van der Waals surface area contributed by atoms with Gasteiger partial charge in [-0.3, -0.25) is 14.0 Å². The van der Waals surface area contributed by atoms with Gasteiger partial charge in [0.25, 0.3) is 0 Å². The average molecular weight is 467 g/mol. The molecule has 1 aliphatic rings. The molecule has 9 heteroatoms. The molecule has 35 heavy (non-hydrogen) atoms. The summed E-state index contributed by atoms with van der Waals surface area (Å²) >= 11 is 0. The number of nitrogens with zero attached hydrogens (tertiary/aromatic N) is 8. The fourth-order valence-corrected chi connectivity index (χ4v) is 4.79. The standard InChI is InChI=1S/C26H26N8O/c1-32-16-20(15-28-32)17-3-5-18(6-4-17)26-24-22(31-33(26)2)8-7-19-14-27-23(29-25(19)24)13-21-9-10-34(30-21)11-12-35/h3-6,9-10,14-16,35H,7-8,11-13H2,1-2H3. The number of aryl methyl sites for hydroxylation is 4. The van der Waals surface area contributed by atoms with Gasteiger partial charge in [-0.05, 0) is 30.0 Å². The van der Waals surface area contributed by atoms with Crippen LogP contribution in [0.15, 0.2) is 55.1 Å². The average Bonchev–Trinajstić information content (AvgIpc) is 3.58. The lowest BCUT2D eigenvalue weighted by Gasteiger charge is -2.16. The van der Waals surface area contributed by atoms with E-state index >= 15 is 0 Å². The summed E-state index contributed by atoms with van der Waals surface area (Å²) in [5.74, 6) is 0.729. The molecule has 0 atom stereocenters. The minimum Gasteiger partial charge on any atom is -0.394 e. The maximum absolute atomic E-state index is 9.14. The van der Waals surface area contributed by atoms with E-state index in [9.17, 15) is 0 Å². The maximum Gasteiger partial charge on any atom is 0.134 e. The van der Waals surface area contributed by atoms with Crippen LogP contribution in [0.4, 0.5) is 0 Å². The van der Waals surface area contributed by atoms with Crippen LogP contribution in [0.5, 0.6) is 0 Å². The summed E-state index contributed by atoms with van der Waals surface area (Å²) in [6.07, 6.45) is 10.0. The van der Waals surface area contributed by atoms with Crippen molar-refractivity contribution in [1.29, 1.82) is 0 Å². The normalized spacial score (nSPS) is 12.5. The third kappa shape index (κ3) is 3.93. The van der Waals surface area contributed by atoms with Crippen molar-refractivity contribution >= 4 is 0 Å². The van der Waals surface area contributed by atoms with Gasteiger partial charge < -0.3 is 5.11 Å². The number of rotatable bonds is 6. The zero-order valence-corrected chi connectivity index (χ0v) is 19.8. The van der Waals surface area contributed by atoms with Crippen LogP contribution >= 0.6 is 0 Å². The number of aliphatic hydroxyl groups excluding tert-OH is 1. The van der Waals surface area contributed by atoms with Crippen molar-refractivity contribution in [3.8, 4) is 33.6 Å². The van der Waals surface area contributed by atoms with Gasteiger partial charge in [-0.2, -0.15) is 15.3 Å². The Balaban J connectivity index is 1.37. The van der Waals surface area contributed by atoms with Gasteiger partial charge >= 0.3 is 0 Å². The highest BCUT2D eigenvalue weighted by Crippen LogP contribution is 2.39. The van der Waals surface area contributed by atoms with Crippen molar-refractivity contribution < 1.29 is 5.11 Å². The van der Waals surface area contributed by atoms with E-state index in [1.165, 1.54) is 0 Å². The van der Waals surface area contributed by atoms with E-state index in [0.717, 1.165) is 69.3 Å². The highest BCUT2D eigenvalue weighted by atomic mass is 16.3. The van der Waals surface area contributed by atoms with Gasteiger partial charge in [-0.15, -0.1) is 0 Å². The molecule has 176 valence electrons. The Morgan fingerprint density at radius 1 is 0.943 bits per heavy atom. The maximum atomic E-state index is 9.14. The van der Waals surface area contributed by atoms with E-state index in [1.54, 1.807) is 4.68 Å². The van der Waals surface area contributed by atoms with E-state index in [2.05, 4.69) is 39.4 Å². The van der Waals surface area contributed by atoms with E-state index < -0.39 is 0 Å². The molecule has 0 aliphatic heterocycles. The highest BCUT2D eigenvalue weighted by Gasteiger charge is 2.27. The first kappa shape index (κ1) is 21.4. The number of fused-ring (bicyclic) bond motifs is 3. The third-order valence-electron chi connectivity index (χ3n) is 6.46. The molecule has 0 amide bonds. The van der Waals surface area contributed by atoms with Crippen molar-refractivity contribution in [2.45, 2.75) is 25.8 Å². The number of aromatic nitrogens is 8. The van der Waals surface area contributed by atoms with Crippen LogP contribution < -0.4 is 0 Å². The molecule has 6 rings (SSSR count). The summed E-state index contributed by atoms with van der Waals surface area (Å²) in [5, 5.41) is 22.8. The third-order valence-corrected chi connectivity index (χ3v) is 6.46. The Hall–Kier alpha value is -4.11. The van der Waals surface area contributed by atoms with Gasteiger partial charge in [-0.1, -0.05) is 24.3 Å². The van der Waals surface area contributed by atoms with Crippen LogP contribution in [0.3, 0.4) is 0 Å². The molecule has 1 aromatic carbocycles. The van der Waals surface area contributed by atoms with Crippen LogP contribution in [-0.4, -0.2) is 51.0 Å². The molecule has 5 aromatic rings. The summed E-state index contributed by atoms with van der Waals surface area (Å²) in [6, 6.07) is 10.5. The summed E-state index contributed by atoms with van der Waals surface area (Å²) in [6.45, 7) is 0.541. The van der Waals surface area contributed by atoms with Crippen molar-refractivity contribution in [2.24, 2.45) is 14.1 Å². The fourth-order valence-electron chi connectivity index (χ4n) is 4.79. The first-order valence-electron chi connectivity index (χ1n) is 11.7. The first-order chi connectivity index (χ1) is 17.1. The van der Waals surface area contributed by atoms with Crippen LogP contribution in [0.1, 0.15) is 22.8 Å². The van der Waals surface area contributed by atoms with Gasteiger partial charge in [0.2, 0.25) is 0 Å². The first-order valence-corrected chi connectivity index (χ1v) is 11.7. The lowest BCUT2D eigenvalue weighted by molar-refractivity contribution is 0.269. The number of hydrogen-bond donors (Lipinski definition) is 1. The molecule has 0 saturated carbocycles. The largest absolute Gasteiger partial charge is 0.394 e. The Labute approximate surface area is 202 Å². The number of benzene rings is 1. The smallest absolute Gasteiger partial charge is 0.134 e. The van der Waals surface area contributed by atoms with Crippen LogP contribution in [-0.2, 0) is 39.9 Å². The predicted octanol–water partition coefficient (Wildman–Crippen LogP) is 2.82. The van der Waals surface area contributed by atoms with Gasteiger partial charge in [0.1, 0.15) is 5.82 Å². The minimum atomic E-state index is 0.0617. The molecule has 9 nitrogen and oxygen atoms in total. The summed E-state index contributed by atoms with van der Waals surface area (Å²) < 4.78 is 5.52. The fraction of sp³-hybridized carbons (Fsp3) is 0.269. The van der Waals surface area contributed by atoms with E-state index in [1.807, 2.05) is 54.3 Å². The second-order valence-electron chi connectivity index (χ2n) is 8.90. The zero-order valence-electron chi connectivity index (χ0n) is 19.8. The molecule has 0 saturated heterocycles. The summed E-state index contributed by atoms with van der Waals surface area (Å²) in [4.78, 5) is 9.63. The predicted molar refractivity (Wildman–Crippen MR) is 131 cm³/mol. The van der Waals surface area contributed by atoms with Gasteiger partial charge in [0.05, 0.1) is 48.5 Å². The Morgan fingerprint density at radius 2 is 1.77 bits per heavy atom. The number of hydrogen-bond acceptors (Lipinski definition) is 6. The quantitative estimate of drug-likeness (QED) is 0.413. The molecule has 0 unspecified atom stereocenters. The lowest BCUT2D eigenvalue weighted by Crippen LogP contribution is -2.09. The Kier molecular flexibility index (Phi) is 5.26. The topological polar surface area (TPSA) is 99.5 Å². The van der Waals surface area contributed by atoms with E-state index in [-0.39, 0.29) is 6.61 Å². The molecule has 1 aliphatic carbocycles. The van der Waals surface area contributed by atoms with Crippen LogP contribution in [0.25, 0.3) is 33.6 Å². The zero-order chi connectivity index (χ0) is 23.9. The van der Waals surface area contributed by atoms with Crippen molar-refractivity contribution in [3.63, 3.8) is 0 Å². The summed E-state index contributed by atoms with van der Waals surface area (Å²) in [5.41, 5.74) is 9.55. The van der Waals surface area contributed by atoms with Crippen LogP contribution in [0, 0.1) is 0 Å². The van der Waals surface area contributed by atoms with Gasteiger partial charge in [0, 0.05) is 49.4 Å². The Morgan fingerprint density at radius 3 is 2.54 bits per heavy atom. The van der Waals surface area contributed by atoms with E-state index in [4.69, 9.17) is 15.2 Å². The molecular weight excluding hydrogens is 440 g/mol. The highest BCUT2D eigenvalue weighted by molar-refractivity contribution is 5.84. The molecule has 0 spiro atoms. The van der Waals surface area contributed by atoms with Crippen molar-refractivity contribution in [3.05, 3.63) is 77.9 Å². The Bertz CT molecular complexity index is 1510. The van der Waals surface area contributed by atoms with E-state index in [0.29, 0.717) is 13.0 Å². The summed E-state index contributed by atoms with van der Waals surface area (Å²) in [7, 11) is 3.92. The monoisotopic (exact) mass is 466 g/mol. The molecule has 0 radical (unpaired) electrons. The molecule has 0 fully saturated rings. The molecule has 4 heterocycles.